The fourth-order valence-electron chi connectivity index (χ4n) is 1.28. The van der Waals surface area contributed by atoms with Gasteiger partial charge in [0.2, 0.25) is 0 Å². The maximum Gasteiger partial charge on any atom is 0.332 e. The molecule has 0 fully saturated rings. The zero-order chi connectivity index (χ0) is 11.5. The Morgan fingerprint density at radius 3 is 2.53 bits per heavy atom. The van der Waals surface area contributed by atoms with E-state index >= 15 is 0 Å². The summed E-state index contributed by atoms with van der Waals surface area (Å²) in [7, 11) is -4.79. The summed E-state index contributed by atoms with van der Waals surface area (Å²) in [5.74, 6) is 0. The molecule has 0 atom stereocenters. The van der Waals surface area contributed by atoms with Crippen LogP contribution in [0.2, 0.25) is 0 Å². The third-order valence-corrected chi connectivity index (χ3v) is 2.82. The summed E-state index contributed by atoms with van der Waals surface area (Å²) < 4.78 is 34.4. The van der Waals surface area contributed by atoms with Crippen LogP contribution in [0.5, 0.6) is 0 Å². The van der Waals surface area contributed by atoms with E-state index in [1.807, 2.05) is 0 Å². The van der Waals surface area contributed by atoms with E-state index in [4.69, 9.17) is 0 Å². The molecule has 0 unspecified atom stereocenters. The lowest BCUT2D eigenvalue weighted by atomic mass is 10.1. The van der Waals surface area contributed by atoms with Crippen molar-refractivity contribution < 1.29 is 17.1 Å². The monoisotopic (exact) mass is 228 g/mol. The van der Waals surface area contributed by atoms with Gasteiger partial charge in [-0.15, -0.1) is 10.5 Å². The van der Waals surface area contributed by atoms with Gasteiger partial charge in [-0.1, -0.05) is 18.2 Å². The maximum atomic E-state index is 12.8. The van der Waals surface area contributed by atoms with Crippen LogP contribution in [0.25, 0.3) is 0 Å². The highest BCUT2D eigenvalue weighted by Gasteiger charge is 2.18. The summed E-state index contributed by atoms with van der Waals surface area (Å²) in [6.45, 7) is 3.42. The summed E-state index contributed by atoms with van der Waals surface area (Å²) >= 11 is 0. The number of carbonyl (C=O) groups excluding carboxylic acids is 1. The van der Waals surface area contributed by atoms with Crippen molar-refractivity contribution in [2.45, 2.75) is 11.3 Å². The number of carbonyl (C=O) groups is 1. The Morgan fingerprint density at radius 1 is 1.40 bits per heavy atom. The number of aldehydes is 1. The first-order valence-corrected chi connectivity index (χ1v) is 5.51. The maximum absolute atomic E-state index is 12.8. The zero-order valence-electron chi connectivity index (χ0n) is 7.81. The molecule has 0 aliphatic heterocycles. The highest BCUT2D eigenvalue weighted by atomic mass is 32.3. The summed E-state index contributed by atoms with van der Waals surface area (Å²) in [5, 5.41) is 0. The molecule has 1 rings (SSSR count). The average molecular weight is 228 g/mol. The van der Waals surface area contributed by atoms with E-state index in [0.717, 1.165) is 6.07 Å². The number of benzene rings is 1. The number of hydrogen-bond donors (Lipinski definition) is 0. The largest absolute Gasteiger partial charge is 0.332 e. The van der Waals surface area contributed by atoms with Crippen molar-refractivity contribution in [3.8, 4) is 0 Å². The molecule has 0 bridgehead atoms. The number of hydrogen-bond acceptors (Lipinski definition) is 3. The number of halogens is 1. The molecule has 0 aliphatic rings. The third-order valence-electron chi connectivity index (χ3n) is 1.91. The summed E-state index contributed by atoms with van der Waals surface area (Å²) in [6, 6.07) is 3.88. The highest BCUT2D eigenvalue weighted by Crippen LogP contribution is 2.21. The van der Waals surface area contributed by atoms with E-state index in [-0.39, 0.29) is 17.5 Å². The van der Waals surface area contributed by atoms with E-state index in [9.17, 15) is 17.1 Å². The Morgan fingerprint density at radius 2 is 2.07 bits per heavy atom. The second-order valence-electron chi connectivity index (χ2n) is 2.87. The predicted octanol–water partition coefficient (Wildman–Crippen LogP) is 1.89. The van der Waals surface area contributed by atoms with Gasteiger partial charge in [-0.3, -0.25) is 4.79 Å². The first-order valence-electron chi connectivity index (χ1n) is 4.13. The zero-order valence-corrected chi connectivity index (χ0v) is 8.63. The van der Waals surface area contributed by atoms with E-state index in [1.165, 1.54) is 18.2 Å². The third kappa shape index (κ3) is 2.50. The van der Waals surface area contributed by atoms with Gasteiger partial charge in [0.05, 0.1) is 0 Å². The lowest BCUT2D eigenvalue weighted by Gasteiger charge is -2.05. The summed E-state index contributed by atoms with van der Waals surface area (Å²) in [4.78, 5) is 10.2. The molecule has 0 saturated carbocycles. The minimum atomic E-state index is -4.79. The highest BCUT2D eigenvalue weighted by molar-refractivity contribution is 7.86. The Bertz CT molecular complexity index is 491. The first kappa shape index (κ1) is 11.6. The van der Waals surface area contributed by atoms with E-state index in [2.05, 4.69) is 6.58 Å². The van der Waals surface area contributed by atoms with Crippen LogP contribution in [0.15, 0.2) is 35.7 Å². The van der Waals surface area contributed by atoms with Gasteiger partial charge in [0, 0.05) is 5.56 Å². The van der Waals surface area contributed by atoms with Gasteiger partial charge in [0.25, 0.3) is 0 Å². The lowest BCUT2D eigenvalue weighted by Crippen LogP contribution is -2.02. The van der Waals surface area contributed by atoms with E-state index in [1.54, 1.807) is 0 Å². The van der Waals surface area contributed by atoms with Gasteiger partial charge < -0.3 is 0 Å². The van der Waals surface area contributed by atoms with Crippen molar-refractivity contribution in [1.29, 1.82) is 0 Å². The van der Waals surface area contributed by atoms with Gasteiger partial charge in [-0.05, 0) is 18.1 Å². The predicted molar refractivity (Wildman–Crippen MR) is 54.0 cm³/mol. The molecule has 0 radical (unpaired) electrons. The van der Waals surface area contributed by atoms with Crippen LogP contribution in [0.1, 0.15) is 15.9 Å². The number of allylic oxidation sites excluding steroid dienone is 1. The van der Waals surface area contributed by atoms with Crippen molar-refractivity contribution in [1.82, 2.24) is 0 Å². The second kappa shape index (κ2) is 4.35. The molecule has 5 heteroatoms. The van der Waals surface area contributed by atoms with Crippen molar-refractivity contribution in [2.75, 3.05) is 0 Å². The van der Waals surface area contributed by atoms with E-state index in [0.29, 0.717) is 6.29 Å². The molecule has 1 aromatic rings. The molecule has 15 heavy (non-hydrogen) atoms. The van der Waals surface area contributed by atoms with E-state index < -0.39 is 15.1 Å². The fraction of sp³-hybridized carbons (Fsp3) is 0.100. The molecule has 0 amide bonds. The minimum Gasteiger partial charge on any atom is -0.298 e. The molecule has 0 N–H and O–H groups in total. The van der Waals surface area contributed by atoms with Crippen LogP contribution in [0.4, 0.5) is 3.89 Å². The van der Waals surface area contributed by atoms with Gasteiger partial charge in [-0.2, -0.15) is 8.42 Å². The second-order valence-corrected chi connectivity index (χ2v) is 4.19. The minimum absolute atomic E-state index is 0.132. The molecular formula is C10H9FO3S. The van der Waals surface area contributed by atoms with Crippen molar-refractivity contribution in [2.24, 2.45) is 0 Å². The van der Waals surface area contributed by atoms with Crippen molar-refractivity contribution >= 4 is 16.5 Å². The normalized spacial score (nSPS) is 11.0. The molecule has 0 spiro atoms. The lowest BCUT2D eigenvalue weighted by molar-refractivity contribution is 0.112. The van der Waals surface area contributed by atoms with Crippen LogP contribution >= 0.6 is 0 Å². The van der Waals surface area contributed by atoms with Gasteiger partial charge in [0.1, 0.15) is 11.2 Å². The molecule has 80 valence electrons. The van der Waals surface area contributed by atoms with Crippen LogP contribution in [0.3, 0.4) is 0 Å². The van der Waals surface area contributed by atoms with Crippen molar-refractivity contribution in [3.63, 3.8) is 0 Å². The Labute approximate surface area is 87.4 Å². The molecule has 0 heterocycles. The molecular weight excluding hydrogens is 219 g/mol. The van der Waals surface area contributed by atoms with Crippen LogP contribution < -0.4 is 0 Å². The molecule has 0 aromatic heterocycles. The van der Waals surface area contributed by atoms with Crippen LogP contribution in [-0.2, 0) is 16.6 Å². The van der Waals surface area contributed by atoms with Gasteiger partial charge >= 0.3 is 10.2 Å². The van der Waals surface area contributed by atoms with Gasteiger partial charge in [-0.25, -0.2) is 0 Å². The van der Waals surface area contributed by atoms with Crippen LogP contribution in [-0.4, -0.2) is 14.7 Å². The standard InChI is InChI=1S/C10H9FO3S/c1-2-4-9-8(7-12)5-3-6-10(9)15(11,13)14/h2-3,5-7H,1,4H2. The van der Waals surface area contributed by atoms with Crippen LogP contribution in [0, 0.1) is 0 Å². The number of rotatable bonds is 4. The average Bonchev–Trinajstić information content (AvgIpc) is 2.17. The first-order chi connectivity index (χ1) is 7.00. The fourth-order valence-corrected chi connectivity index (χ4v) is 2.02. The molecule has 0 aliphatic carbocycles. The Hall–Kier alpha value is -1.49. The topological polar surface area (TPSA) is 51.2 Å². The van der Waals surface area contributed by atoms with Crippen molar-refractivity contribution in [3.05, 3.63) is 42.0 Å². The quantitative estimate of drug-likeness (QED) is 0.449. The Balaban J connectivity index is 3.51. The summed E-state index contributed by atoms with van der Waals surface area (Å²) in [5.41, 5.74) is 0.304. The Kier molecular flexibility index (Phi) is 3.36. The summed E-state index contributed by atoms with van der Waals surface area (Å²) in [6.07, 6.45) is 2.04. The smallest absolute Gasteiger partial charge is 0.298 e. The molecule has 3 nitrogen and oxygen atoms in total. The molecule has 1 aromatic carbocycles. The van der Waals surface area contributed by atoms with Gasteiger partial charge in [0.15, 0.2) is 0 Å². The SMILES string of the molecule is C=CCc1c(C=O)cccc1S(=O)(=O)F. The molecule has 0 saturated heterocycles.